The van der Waals surface area contributed by atoms with Gasteiger partial charge in [0, 0.05) is 13.6 Å². The summed E-state index contributed by atoms with van der Waals surface area (Å²) in [5.41, 5.74) is -1.36. The molecule has 0 aromatic heterocycles. The van der Waals surface area contributed by atoms with Crippen molar-refractivity contribution >= 4 is 16.2 Å². The molecule has 2 unspecified atom stereocenters. The van der Waals surface area contributed by atoms with Crippen LogP contribution in [0.1, 0.15) is 52.4 Å². The van der Waals surface area contributed by atoms with Crippen LogP contribution in [0, 0.1) is 5.92 Å². The summed E-state index contributed by atoms with van der Waals surface area (Å²) in [5.74, 6) is -1.28. The average molecular weight is 306 g/mol. The van der Waals surface area contributed by atoms with Crippen molar-refractivity contribution in [2.45, 2.75) is 57.9 Å². The zero-order valence-corrected chi connectivity index (χ0v) is 13.4. The Balaban J connectivity index is 2.92. The summed E-state index contributed by atoms with van der Waals surface area (Å²) in [7, 11) is -2.28. The Morgan fingerprint density at radius 1 is 1.45 bits per heavy atom. The lowest BCUT2D eigenvalue weighted by atomic mass is 9.74. The summed E-state index contributed by atoms with van der Waals surface area (Å²) in [5, 5.41) is 9.53. The Bertz CT molecular complexity index is 438. The van der Waals surface area contributed by atoms with Crippen LogP contribution in [0.3, 0.4) is 0 Å². The van der Waals surface area contributed by atoms with Crippen LogP contribution in [0.15, 0.2) is 0 Å². The Labute approximate surface area is 121 Å². The zero-order chi connectivity index (χ0) is 15.4. The molecule has 2 atom stereocenters. The topological polar surface area (TPSA) is 86.7 Å². The second-order valence-corrected chi connectivity index (χ2v) is 7.48. The minimum Gasteiger partial charge on any atom is -0.480 e. The predicted molar refractivity (Wildman–Crippen MR) is 77.6 cm³/mol. The largest absolute Gasteiger partial charge is 0.480 e. The summed E-state index contributed by atoms with van der Waals surface area (Å²) in [4.78, 5) is 11.7. The molecule has 1 fully saturated rings. The van der Waals surface area contributed by atoms with Crippen molar-refractivity contribution in [2.24, 2.45) is 5.92 Å². The molecule has 20 heavy (non-hydrogen) atoms. The molecule has 1 rings (SSSR count). The van der Waals surface area contributed by atoms with Gasteiger partial charge in [0.15, 0.2) is 0 Å². The lowest BCUT2D eigenvalue weighted by Crippen LogP contribution is -2.62. The van der Waals surface area contributed by atoms with Gasteiger partial charge in [-0.15, -0.1) is 0 Å². The van der Waals surface area contributed by atoms with Gasteiger partial charge in [0.05, 0.1) is 0 Å². The third-order valence-corrected chi connectivity index (χ3v) is 5.85. The van der Waals surface area contributed by atoms with Crippen molar-refractivity contribution in [3.8, 4) is 0 Å². The molecule has 0 radical (unpaired) electrons. The van der Waals surface area contributed by atoms with Crippen LogP contribution in [-0.2, 0) is 15.0 Å². The predicted octanol–water partition coefficient (Wildman–Crippen LogP) is 1.59. The Morgan fingerprint density at radius 2 is 2.10 bits per heavy atom. The standard InChI is InChI=1S/C13H26N2O4S/c1-4-5-10-15(3)20(18,19)14-13(12(16)17)9-7-6-8-11(13)2/h11,14H,4-10H2,1-3H3,(H,16,17). The first kappa shape index (κ1) is 17.4. The molecule has 118 valence electrons. The number of aliphatic carboxylic acids is 1. The van der Waals surface area contributed by atoms with E-state index < -0.39 is 21.7 Å². The number of carbonyl (C=O) groups is 1. The van der Waals surface area contributed by atoms with Crippen molar-refractivity contribution < 1.29 is 18.3 Å². The molecule has 0 spiro atoms. The van der Waals surface area contributed by atoms with Crippen LogP contribution in [0.25, 0.3) is 0 Å². The first-order valence-electron chi connectivity index (χ1n) is 7.25. The normalized spacial score (nSPS) is 27.7. The quantitative estimate of drug-likeness (QED) is 0.748. The fourth-order valence-corrected chi connectivity index (χ4v) is 4.05. The molecule has 0 bridgehead atoms. The van der Waals surface area contributed by atoms with Crippen LogP contribution in [0.2, 0.25) is 0 Å². The number of hydrogen-bond donors (Lipinski definition) is 2. The van der Waals surface area contributed by atoms with E-state index in [4.69, 9.17) is 0 Å². The van der Waals surface area contributed by atoms with E-state index in [1.807, 2.05) is 13.8 Å². The maximum absolute atomic E-state index is 12.3. The van der Waals surface area contributed by atoms with Crippen molar-refractivity contribution in [2.75, 3.05) is 13.6 Å². The molecule has 0 heterocycles. The smallest absolute Gasteiger partial charge is 0.325 e. The van der Waals surface area contributed by atoms with Gasteiger partial charge in [-0.1, -0.05) is 33.1 Å². The lowest BCUT2D eigenvalue weighted by Gasteiger charge is -2.40. The summed E-state index contributed by atoms with van der Waals surface area (Å²) >= 11 is 0. The Morgan fingerprint density at radius 3 is 2.60 bits per heavy atom. The fourth-order valence-electron chi connectivity index (χ4n) is 2.67. The molecule has 0 saturated heterocycles. The van der Waals surface area contributed by atoms with E-state index in [1.165, 1.54) is 11.4 Å². The van der Waals surface area contributed by atoms with Gasteiger partial charge in [-0.2, -0.15) is 17.4 Å². The van der Waals surface area contributed by atoms with Gasteiger partial charge in [-0.3, -0.25) is 4.79 Å². The van der Waals surface area contributed by atoms with Crippen LogP contribution in [0.5, 0.6) is 0 Å². The molecule has 6 nitrogen and oxygen atoms in total. The molecular formula is C13H26N2O4S. The molecule has 7 heteroatoms. The van der Waals surface area contributed by atoms with Crippen molar-refractivity contribution in [1.29, 1.82) is 0 Å². The van der Waals surface area contributed by atoms with Gasteiger partial charge in [0.1, 0.15) is 5.54 Å². The molecule has 1 saturated carbocycles. The molecule has 0 aromatic rings. The van der Waals surface area contributed by atoms with E-state index in [1.54, 1.807) is 0 Å². The number of hydrogen-bond acceptors (Lipinski definition) is 3. The molecule has 2 N–H and O–H groups in total. The third-order valence-electron chi connectivity index (χ3n) is 4.23. The van der Waals surface area contributed by atoms with Crippen molar-refractivity contribution in [1.82, 2.24) is 9.03 Å². The summed E-state index contributed by atoms with van der Waals surface area (Å²) in [6.07, 6.45) is 4.41. The minimum absolute atomic E-state index is 0.205. The highest BCUT2D eigenvalue weighted by atomic mass is 32.2. The number of nitrogens with one attached hydrogen (secondary N) is 1. The van der Waals surface area contributed by atoms with Crippen LogP contribution in [0.4, 0.5) is 0 Å². The highest BCUT2D eigenvalue weighted by molar-refractivity contribution is 7.87. The van der Waals surface area contributed by atoms with E-state index in [-0.39, 0.29) is 5.92 Å². The van der Waals surface area contributed by atoms with Crippen LogP contribution >= 0.6 is 0 Å². The zero-order valence-electron chi connectivity index (χ0n) is 12.6. The lowest BCUT2D eigenvalue weighted by molar-refractivity contribution is -0.147. The number of nitrogens with zero attached hydrogens (tertiary/aromatic N) is 1. The third kappa shape index (κ3) is 3.71. The number of unbranched alkanes of at least 4 members (excludes halogenated alkanes) is 1. The molecule has 0 aliphatic heterocycles. The average Bonchev–Trinajstić information content (AvgIpc) is 2.38. The Kier molecular flexibility index (Phi) is 5.97. The molecule has 1 aliphatic carbocycles. The van der Waals surface area contributed by atoms with Gasteiger partial charge < -0.3 is 5.11 Å². The second-order valence-electron chi connectivity index (χ2n) is 5.71. The number of carboxylic acids is 1. The van der Waals surface area contributed by atoms with E-state index in [0.29, 0.717) is 13.0 Å². The monoisotopic (exact) mass is 306 g/mol. The van der Waals surface area contributed by atoms with Gasteiger partial charge in [0.2, 0.25) is 0 Å². The van der Waals surface area contributed by atoms with Gasteiger partial charge >= 0.3 is 5.97 Å². The second kappa shape index (κ2) is 6.87. The SMILES string of the molecule is CCCCN(C)S(=O)(=O)NC1(C(=O)O)CCCCC1C. The van der Waals surface area contributed by atoms with Gasteiger partial charge in [-0.25, -0.2) is 0 Å². The first-order valence-corrected chi connectivity index (χ1v) is 8.69. The highest BCUT2D eigenvalue weighted by Crippen LogP contribution is 2.34. The van der Waals surface area contributed by atoms with Crippen LogP contribution in [-0.4, -0.2) is 42.9 Å². The molecule has 1 aliphatic rings. The number of rotatable bonds is 7. The summed E-state index contributed by atoms with van der Waals surface area (Å²) in [6, 6.07) is 0. The summed E-state index contributed by atoms with van der Waals surface area (Å²) in [6.45, 7) is 4.19. The van der Waals surface area contributed by atoms with E-state index in [0.717, 1.165) is 32.1 Å². The van der Waals surface area contributed by atoms with E-state index >= 15 is 0 Å². The van der Waals surface area contributed by atoms with E-state index in [2.05, 4.69) is 4.72 Å². The Hall–Kier alpha value is -0.660. The number of carboxylic acid groups (broad SMARTS) is 1. The summed E-state index contributed by atoms with van der Waals surface area (Å²) < 4.78 is 28.3. The first-order chi connectivity index (χ1) is 9.26. The van der Waals surface area contributed by atoms with Crippen LogP contribution < -0.4 is 4.72 Å². The van der Waals surface area contributed by atoms with Gasteiger partial charge in [0.25, 0.3) is 10.2 Å². The molecule has 0 aromatic carbocycles. The fraction of sp³-hybridized carbons (Fsp3) is 0.923. The minimum atomic E-state index is -3.77. The molecule has 0 amide bonds. The maximum Gasteiger partial charge on any atom is 0.325 e. The van der Waals surface area contributed by atoms with E-state index in [9.17, 15) is 18.3 Å². The molecular weight excluding hydrogens is 280 g/mol. The van der Waals surface area contributed by atoms with Crippen molar-refractivity contribution in [3.05, 3.63) is 0 Å². The van der Waals surface area contributed by atoms with Gasteiger partial charge in [-0.05, 0) is 25.2 Å². The maximum atomic E-state index is 12.3. The van der Waals surface area contributed by atoms with Crippen molar-refractivity contribution in [3.63, 3.8) is 0 Å². The highest BCUT2D eigenvalue weighted by Gasteiger charge is 2.48.